The molecule has 0 aliphatic carbocycles. The average Bonchev–Trinajstić information content (AvgIpc) is 2.55. The molecular formula is C15H20N4O2S2. The van der Waals surface area contributed by atoms with Gasteiger partial charge in [-0.25, -0.2) is 0 Å². The standard InChI is InChI=1S/C15H20N4O2S2/c1-21-12-6-4-11(5-7-12)18-15(22)19-13(10-23-2)14(20)17-9-3-8-16/h4-7,13H,3,9-10H2,1-2H3,(H,17,20)(H2,18,19,22). The minimum absolute atomic E-state index is 0.173. The van der Waals surface area contributed by atoms with Crippen LogP contribution in [0, 0.1) is 11.3 Å². The van der Waals surface area contributed by atoms with Gasteiger partial charge in [0.2, 0.25) is 5.91 Å². The monoisotopic (exact) mass is 352 g/mol. The Kier molecular flexibility index (Phi) is 8.87. The van der Waals surface area contributed by atoms with Crippen LogP contribution in [0.15, 0.2) is 24.3 Å². The van der Waals surface area contributed by atoms with Crippen molar-refractivity contribution in [1.82, 2.24) is 10.6 Å². The summed E-state index contributed by atoms with van der Waals surface area (Å²) in [4.78, 5) is 12.1. The highest BCUT2D eigenvalue weighted by Crippen LogP contribution is 2.14. The van der Waals surface area contributed by atoms with Gasteiger partial charge in [0, 0.05) is 18.0 Å². The van der Waals surface area contributed by atoms with Crippen LogP contribution in [0.25, 0.3) is 0 Å². The number of nitrogens with one attached hydrogen (secondary N) is 3. The first kappa shape index (κ1) is 19.1. The van der Waals surface area contributed by atoms with Crippen LogP contribution in [0.2, 0.25) is 0 Å². The van der Waals surface area contributed by atoms with Gasteiger partial charge >= 0.3 is 0 Å². The molecule has 0 aliphatic heterocycles. The largest absolute Gasteiger partial charge is 0.497 e. The maximum atomic E-state index is 12.1. The number of benzene rings is 1. The number of ether oxygens (including phenoxy) is 1. The molecule has 0 saturated carbocycles. The van der Waals surface area contributed by atoms with Crippen molar-refractivity contribution in [2.24, 2.45) is 0 Å². The van der Waals surface area contributed by atoms with Gasteiger partial charge in [-0.3, -0.25) is 4.79 Å². The summed E-state index contributed by atoms with van der Waals surface area (Å²) in [5.41, 5.74) is 0.802. The number of methoxy groups -OCH3 is 1. The van der Waals surface area contributed by atoms with E-state index in [9.17, 15) is 4.79 Å². The second-order valence-electron chi connectivity index (χ2n) is 4.53. The maximum Gasteiger partial charge on any atom is 0.243 e. The fourth-order valence-electron chi connectivity index (χ4n) is 1.71. The van der Waals surface area contributed by atoms with Gasteiger partial charge in [-0.2, -0.15) is 17.0 Å². The Labute approximate surface area is 146 Å². The predicted molar refractivity (Wildman–Crippen MR) is 97.8 cm³/mol. The van der Waals surface area contributed by atoms with Crippen LogP contribution in [-0.4, -0.2) is 42.7 Å². The Balaban J connectivity index is 2.55. The summed E-state index contributed by atoms with van der Waals surface area (Å²) < 4.78 is 5.09. The lowest BCUT2D eigenvalue weighted by Gasteiger charge is -2.19. The van der Waals surface area contributed by atoms with Crippen LogP contribution in [0.4, 0.5) is 5.69 Å². The highest BCUT2D eigenvalue weighted by atomic mass is 32.2. The zero-order valence-electron chi connectivity index (χ0n) is 13.1. The summed E-state index contributed by atoms with van der Waals surface area (Å²) in [6, 6.07) is 8.84. The molecule has 1 unspecified atom stereocenters. The number of nitrogens with zero attached hydrogens (tertiary/aromatic N) is 1. The van der Waals surface area contributed by atoms with Gasteiger partial charge in [0.1, 0.15) is 11.8 Å². The number of rotatable bonds is 8. The molecular weight excluding hydrogens is 332 g/mol. The van der Waals surface area contributed by atoms with Crippen LogP contribution in [0.5, 0.6) is 5.75 Å². The second kappa shape index (κ2) is 10.7. The highest BCUT2D eigenvalue weighted by Gasteiger charge is 2.18. The zero-order valence-corrected chi connectivity index (χ0v) is 14.7. The third-order valence-electron chi connectivity index (χ3n) is 2.84. The Hall–Kier alpha value is -1.98. The molecule has 0 fully saturated rings. The Bertz CT molecular complexity index is 558. The number of amides is 1. The van der Waals surface area contributed by atoms with E-state index in [1.807, 2.05) is 36.6 Å². The number of carbonyl (C=O) groups is 1. The molecule has 124 valence electrons. The molecule has 1 rings (SSSR count). The Morgan fingerprint density at radius 2 is 2.13 bits per heavy atom. The molecule has 0 radical (unpaired) electrons. The zero-order chi connectivity index (χ0) is 17.1. The molecule has 6 nitrogen and oxygen atoms in total. The van der Waals surface area contributed by atoms with E-state index in [4.69, 9.17) is 22.2 Å². The summed E-state index contributed by atoms with van der Waals surface area (Å²) >= 11 is 6.79. The molecule has 1 aromatic carbocycles. The number of nitriles is 1. The molecule has 8 heteroatoms. The summed E-state index contributed by atoms with van der Waals surface area (Å²) in [6.45, 7) is 0.334. The quantitative estimate of drug-likeness (QED) is 0.485. The first-order valence-corrected chi connectivity index (χ1v) is 8.76. The first-order valence-electron chi connectivity index (χ1n) is 6.96. The predicted octanol–water partition coefficient (Wildman–Crippen LogP) is 1.74. The third-order valence-corrected chi connectivity index (χ3v) is 3.73. The SMILES string of the molecule is COc1ccc(NC(=S)NC(CSC)C(=O)NCCC#N)cc1. The number of thiocarbonyl (C=S) groups is 1. The lowest BCUT2D eigenvalue weighted by atomic mass is 10.3. The van der Waals surface area contributed by atoms with Crippen molar-refractivity contribution >= 4 is 40.7 Å². The number of thioether (sulfide) groups is 1. The van der Waals surface area contributed by atoms with Crippen molar-refractivity contribution < 1.29 is 9.53 Å². The van der Waals surface area contributed by atoms with Crippen molar-refractivity contribution in [1.29, 1.82) is 5.26 Å². The highest BCUT2D eigenvalue weighted by molar-refractivity contribution is 7.98. The van der Waals surface area contributed by atoms with Crippen molar-refractivity contribution in [2.75, 3.05) is 31.0 Å². The van der Waals surface area contributed by atoms with Crippen LogP contribution in [0.3, 0.4) is 0 Å². The van der Waals surface area contributed by atoms with Crippen molar-refractivity contribution in [3.05, 3.63) is 24.3 Å². The Morgan fingerprint density at radius 3 is 2.70 bits per heavy atom. The summed E-state index contributed by atoms with van der Waals surface area (Å²) in [7, 11) is 1.60. The molecule has 3 N–H and O–H groups in total. The lowest BCUT2D eigenvalue weighted by Crippen LogP contribution is -2.49. The van der Waals surface area contributed by atoms with E-state index < -0.39 is 6.04 Å². The summed E-state index contributed by atoms with van der Waals surface area (Å²) in [5, 5.41) is 17.6. The number of anilines is 1. The second-order valence-corrected chi connectivity index (χ2v) is 5.85. The van der Waals surface area contributed by atoms with Gasteiger partial charge < -0.3 is 20.7 Å². The lowest BCUT2D eigenvalue weighted by molar-refractivity contribution is -0.122. The summed E-state index contributed by atoms with van der Waals surface area (Å²) in [5.74, 6) is 1.16. The molecule has 0 aliphatic rings. The third kappa shape index (κ3) is 7.21. The van der Waals surface area contributed by atoms with E-state index in [1.165, 1.54) is 11.8 Å². The molecule has 0 saturated heterocycles. The van der Waals surface area contributed by atoms with Gasteiger partial charge in [0.05, 0.1) is 19.6 Å². The topological polar surface area (TPSA) is 86.2 Å². The average molecular weight is 352 g/mol. The van der Waals surface area contributed by atoms with E-state index in [-0.39, 0.29) is 12.3 Å². The van der Waals surface area contributed by atoms with Crippen molar-refractivity contribution in [3.63, 3.8) is 0 Å². The Morgan fingerprint density at radius 1 is 1.43 bits per heavy atom. The fraction of sp³-hybridized carbons (Fsp3) is 0.400. The van der Waals surface area contributed by atoms with Gasteiger partial charge in [-0.05, 0) is 42.7 Å². The smallest absolute Gasteiger partial charge is 0.243 e. The molecule has 23 heavy (non-hydrogen) atoms. The molecule has 1 aromatic rings. The van der Waals surface area contributed by atoms with Crippen LogP contribution >= 0.6 is 24.0 Å². The van der Waals surface area contributed by atoms with Crippen LogP contribution in [-0.2, 0) is 4.79 Å². The van der Waals surface area contributed by atoms with E-state index in [0.29, 0.717) is 17.4 Å². The van der Waals surface area contributed by atoms with Gasteiger partial charge in [-0.15, -0.1) is 0 Å². The number of hydrogen-bond donors (Lipinski definition) is 3. The molecule has 1 amide bonds. The van der Waals surface area contributed by atoms with E-state index >= 15 is 0 Å². The van der Waals surface area contributed by atoms with E-state index in [1.54, 1.807) is 7.11 Å². The molecule has 0 aromatic heterocycles. The van der Waals surface area contributed by atoms with Gasteiger partial charge in [0.15, 0.2) is 5.11 Å². The van der Waals surface area contributed by atoms with E-state index in [0.717, 1.165) is 11.4 Å². The molecule has 0 heterocycles. The fourth-order valence-corrected chi connectivity index (χ4v) is 2.54. The number of carbonyl (C=O) groups excluding carboxylic acids is 1. The van der Waals surface area contributed by atoms with Crippen LogP contribution < -0.4 is 20.7 Å². The van der Waals surface area contributed by atoms with E-state index in [2.05, 4.69) is 16.0 Å². The van der Waals surface area contributed by atoms with Crippen molar-refractivity contribution in [2.45, 2.75) is 12.5 Å². The molecule has 0 bridgehead atoms. The molecule has 1 atom stereocenters. The molecule has 0 spiro atoms. The van der Waals surface area contributed by atoms with Gasteiger partial charge in [0.25, 0.3) is 0 Å². The summed E-state index contributed by atoms with van der Waals surface area (Å²) in [6.07, 6.45) is 2.20. The van der Waals surface area contributed by atoms with Gasteiger partial charge in [-0.1, -0.05) is 0 Å². The van der Waals surface area contributed by atoms with Crippen LogP contribution in [0.1, 0.15) is 6.42 Å². The number of hydrogen-bond acceptors (Lipinski definition) is 5. The minimum Gasteiger partial charge on any atom is -0.497 e. The minimum atomic E-state index is -0.457. The normalized spacial score (nSPS) is 11.0. The van der Waals surface area contributed by atoms with Crippen molar-refractivity contribution in [3.8, 4) is 11.8 Å². The maximum absolute atomic E-state index is 12.1. The first-order chi connectivity index (χ1) is 11.1.